The van der Waals surface area contributed by atoms with E-state index in [9.17, 15) is 48.6 Å². The number of fused-ring (bicyclic) bond motifs is 2. The zero-order valence-corrected chi connectivity index (χ0v) is 35.5. The van der Waals surface area contributed by atoms with Gasteiger partial charge in [-0.2, -0.15) is 9.97 Å². The Hall–Kier alpha value is -8.07. The van der Waals surface area contributed by atoms with E-state index in [2.05, 4.69) is 61.8 Å². The average molecular weight is 909 g/mol. The molecule has 2 aliphatic heterocycles. The number of amides is 2. The Kier molecular flexibility index (Phi) is 17.4. The first-order valence-electron chi connectivity index (χ1n) is 19.0. The van der Waals surface area contributed by atoms with E-state index < -0.39 is 71.7 Å². The van der Waals surface area contributed by atoms with Crippen LogP contribution in [0.3, 0.4) is 0 Å². The van der Waals surface area contributed by atoms with E-state index in [0.29, 0.717) is 60.6 Å². The fraction of sp³-hybridized carbons (Fsp3) is 0.263. The summed E-state index contributed by atoms with van der Waals surface area (Å²) in [5.41, 5.74) is 13.4. The van der Waals surface area contributed by atoms with E-state index in [0.717, 1.165) is 0 Å². The number of hydrogen-bond acceptors (Lipinski definition) is 20. The SMILES string of the molecule is Nc1nc2c(c(=O)[nH]1)N=C(CNc1ccc(C(=O)N[C@@H](CCC(=O)[O-])C(=O)O)cc1)CN2.Nc1nc2c(c(=O)[nH]1)N=C(CNc1ccc(C(=O)N[C@@H](CCC(=O)[O-])C(=O)O)cc1)CN2.[Mg+2]. The molecule has 2 aromatic carbocycles. The van der Waals surface area contributed by atoms with Gasteiger partial charge >= 0.3 is 35.0 Å². The summed E-state index contributed by atoms with van der Waals surface area (Å²) in [4.78, 5) is 113. The predicted octanol–water partition coefficient (Wildman–Crippen LogP) is -3.03. The molecule has 27 heteroatoms. The number of nitrogens with zero attached hydrogens (tertiary/aromatic N) is 4. The number of aliphatic carboxylic acids is 4. The Bertz CT molecular complexity index is 2440. The van der Waals surface area contributed by atoms with Gasteiger partial charge in [-0.25, -0.2) is 19.6 Å². The second-order valence-corrected chi connectivity index (χ2v) is 13.8. The fourth-order valence-corrected chi connectivity index (χ4v) is 5.80. The quantitative estimate of drug-likeness (QED) is 0.0442. The van der Waals surface area contributed by atoms with E-state index in [-0.39, 0.29) is 70.3 Å². The number of H-pyrrole nitrogens is 2. The number of hydrogen-bond donors (Lipinski definition) is 12. The summed E-state index contributed by atoms with van der Waals surface area (Å²) in [6, 6.07) is 9.74. The summed E-state index contributed by atoms with van der Waals surface area (Å²) >= 11 is 0. The molecule has 4 heterocycles. The van der Waals surface area contributed by atoms with Gasteiger partial charge in [-0.3, -0.25) is 29.1 Å². The zero-order valence-electron chi connectivity index (χ0n) is 34.1. The number of nitrogens with two attached hydrogens (primary N) is 2. The summed E-state index contributed by atoms with van der Waals surface area (Å²) in [6.45, 7) is 1.34. The van der Waals surface area contributed by atoms with Crippen LogP contribution in [0.1, 0.15) is 46.4 Å². The molecule has 0 saturated heterocycles. The van der Waals surface area contributed by atoms with Crippen molar-refractivity contribution in [2.24, 2.45) is 9.98 Å². The molecule has 0 saturated carbocycles. The van der Waals surface area contributed by atoms with E-state index in [1.165, 1.54) is 24.3 Å². The third-order valence-electron chi connectivity index (χ3n) is 9.05. The van der Waals surface area contributed by atoms with Crippen molar-refractivity contribution >= 4 is 116 Å². The maximum absolute atomic E-state index is 12.3. The minimum Gasteiger partial charge on any atom is -0.550 e. The van der Waals surface area contributed by atoms with Crippen LogP contribution in [-0.2, 0) is 19.2 Å². The molecule has 0 unspecified atom stereocenters. The molecule has 2 aliphatic rings. The van der Waals surface area contributed by atoms with Gasteiger partial charge < -0.3 is 73.4 Å². The normalized spacial score (nSPS) is 13.0. The van der Waals surface area contributed by atoms with Crippen molar-refractivity contribution in [3.8, 4) is 0 Å². The minimum atomic E-state index is -1.40. The molecule has 65 heavy (non-hydrogen) atoms. The topological polar surface area (TPSA) is 429 Å². The van der Waals surface area contributed by atoms with Gasteiger partial charge in [0.15, 0.2) is 23.0 Å². The molecule has 0 aliphatic carbocycles. The molecule has 0 radical (unpaired) electrons. The number of carboxylic acid groups (broad SMARTS) is 4. The summed E-state index contributed by atoms with van der Waals surface area (Å²) in [6.07, 6.45) is -1.54. The standard InChI is InChI=1S/2C19H21N7O6.Mg/c2*20-19-25-15-14(17(30)26-19)23-11(8-22-15)7-21-10-3-1-9(2-4-10)16(29)24-12(18(31)32)5-6-13(27)28;/h2*1-4,12,21H,5-8H2,(H,24,29)(H,27,28)(H,31,32)(H4,20,22,25,26,30);/q;;+2/p-2/t2*12-;/m00./s1. The van der Waals surface area contributed by atoms with Gasteiger partial charge in [0.05, 0.1) is 37.6 Å². The molecule has 2 aromatic heterocycles. The second kappa shape index (κ2) is 22.9. The monoisotopic (exact) mass is 908 g/mol. The van der Waals surface area contributed by atoms with Crippen LogP contribution in [0.4, 0.5) is 46.3 Å². The molecule has 0 spiro atoms. The number of aliphatic imine (C=N–C) groups is 2. The molecule has 0 fully saturated rings. The molecule has 0 bridgehead atoms. The zero-order chi connectivity index (χ0) is 46.5. The van der Waals surface area contributed by atoms with Gasteiger partial charge in [-0.15, -0.1) is 0 Å². The smallest absolute Gasteiger partial charge is 0.550 e. The molecule has 4 aromatic rings. The number of aromatic nitrogens is 4. The number of carbonyl (C=O) groups excluding carboxylic acids is 4. The molecule has 2 amide bonds. The van der Waals surface area contributed by atoms with Gasteiger partial charge in [0.1, 0.15) is 12.1 Å². The minimum absolute atomic E-state index is 0. The van der Waals surface area contributed by atoms with Gasteiger partial charge in [0.2, 0.25) is 11.9 Å². The average Bonchev–Trinajstić information content (AvgIpc) is 3.25. The van der Waals surface area contributed by atoms with Crippen LogP contribution >= 0.6 is 0 Å². The largest absolute Gasteiger partial charge is 2.00 e. The Balaban J connectivity index is 0.000000280. The van der Waals surface area contributed by atoms with Gasteiger partial charge in [0.25, 0.3) is 22.9 Å². The van der Waals surface area contributed by atoms with Crippen molar-refractivity contribution in [3.63, 3.8) is 0 Å². The van der Waals surface area contributed by atoms with E-state index in [1.54, 1.807) is 24.3 Å². The summed E-state index contributed by atoms with van der Waals surface area (Å²) < 4.78 is 0. The fourth-order valence-electron chi connectivity index (χ4n) is 5.80. The van der Waals surface area contributed by atoms with Crippen molar-refractivity contribution in [1.82, 2.24) is 30.6 Å². The molecule has 2 atom stereocenters. The Morgan fingerprint density at radius 3 is 1.31 bits per heavy atom. The van der Waals surface area contributed by atoms with Gasteiger partial charge in [-0.1, -0.05) is 0 Å². The van der Waals surface area contributed by atoms with Crippen molar-refractivity contribution in [1.29, 1.82) is 0 Å². The third-order valence-corrected chi connectivity index (χ3v) is 9.05. The number of nitrogen functional groups attached to an aromatic ring is 2. The van der Waals surface area contributed by atoms with E-state index in [4.69, 9.17) is 21.7 Å². The molecule has 14 N–H and O–H groups in total. The summed E-state index contributed by atoms with van der Waals surface area (Å²) in [5.74, 6) is -6.15. The number of benzene rings is 2. The van der Waals surface area contributed by atoms with Crippen LogP contribution in [0.5, 0.6) is 0 Å². The number of rotatable bonds is 18. The van der Waals surface area contributed by atoms with Crippen LogP contribution in [0.15, 0.2) is 68.1 Å². The van der Waals surface area contributed by atoms with Crippen LogP contribution in [0, 0.1) is 0 Å². The van der Waals surface area contributed by atoms with E-state index >= 15 is 0 Å². The Morgan fingerprint density at radius 1 is 0.631 bits per heavy atom. The molecule has 6 rings (SSSR count). The van der Waals surface area contributed by atoms with Crippen LogP contribution in [-0.4, -0.2) is 139 Å². The number of carboxylic acids is 4. The Labute approximate surface area is 382 Å². The van der Waals surface area contributed by atoms with Crippen LogP contribution < -0.4 is 64.7 Å². The molecular formula is C38H40MgN14O12. The van der Waals surface area contributed by atoms with Gasteiger partial charge in [-0.05, 0) is 74.2 Å². The molecule has 26 nitrogen and oxygen atoms in total. The first-order valence-corrected chi connectivity index (χ1v) is 19.0. The number of aromatic amines is 2. The van der Waals surface area contributed by atoms with Gasteiger partial charge in [0, 0.05) is 34.4 Å². The van der Waals surface area contributed by atoms with Crippen LogP contribution in [0.2, 0.25) is 0 Å². The maximum Gasteiger partial charge on any atom is 2.00 e. The van der Waals surface area contributed by atoms with Crippen LogP contribution in [0.25, 0.3) is 0 Å². The van der Waals surface area contributed by atoms with E-state index in [1.807, 2.05) is 0 Å². The Morgan fingerprint density at radius 2 is 0.985 bits per heavy atom. The van der Waals surface area contributed by atoms with Crippen molar-refractivity contribution < 1.29 is 49.2 Å². The third kappa shape index (κ3) is 14.5. The number of carbonyl (C=O) groups is 6. The van der Waals surface area contributed by atoms with Crippen molar-refractivity contribution in [3.05, 3.63) is 80.4 Å². The second-order valence-electron chi connectivity index (χ2n) is 13.8. The number of nitrogens with one attached hydrogen (secondary N) is 8. The first kappa shape index (κ1) is 49.6. The number of anilines is 6. The molecule has 336 valence electrons. The molecular weight excluding hydrogens is 869 g/mol. The van der Waals surface area contributed by atoms with Crippen molar-refractivity contribution in [2.45, 2.75) is 37.8 Å². The summed E-state index contributed by atoms with van der Waals surface area (Å²) in [7, 11) is 0. The predicted molar refractivity (Wildman–Crippen MR) is 232 cm³/mol. The first-order chi connectivity index (χ1) is 30.4. The maximum atomic E-state index is 12.3. The van der Waals surface area contributed by atoms with Crippen molar-refractivity contribution in [2.75, 3.05) is 58.9 Å². The summed E-state index contributed by atoms with van der Waals surface area (Å²) in [5, 5.41) is 56.0.